The van der Waals surface area contributed by atoms with Gasteiger partial charge in [0.1, 0.15) is 0 Å². The maximum atomic E-state index is 10.6. The first-order valence-corrected chi connectivity index (χ1v) is 4.88. The number of nitrogens with one attached hydrogen (secondary N) is 2. The van der Waals surface area contributed by atoms with Gasteiger partial charge in [0.05, 0.1) is 17.2 Å². The lowest BCUT2D eigenvalue weighted by molar-refractivity contribution is 1.21. The Morgan fingerprint density at radius 1 is 1.07 bits per heavy atom. The van der Waals surface area contributed by atoms with Crippen LogP contribution in [-0.4, -0.2) is 15.0 Å². The predicted octanol–water partition coefficient (Wildman–Crippen LogP) is 2.30. The van der Waals surface area contributed by atoms with Crippen LogP contribution in [0.25, 0.3) is 11.0 Å². The third-order valence-corrected chi connectivity index (χ3v) is 1.32. The molecule has 0 unspecified atom stereocenters. The van der Waals surface area contributed by atoms with E-state index in [1.807, 2.05) is 27.7 Å². The third-order valence-electron chi connectivity index (χ3n) is 1.32. The fraction of sp³-hybridized carbons (Fsp3) is 0.400. The van der Waals surface area contributed by atoms with Gasteiger partial charge >= 0.3 is 5.69 Å². The van der Waals surface area contributed by atoms with E-state index in [4.69, 9.17) is 0 Å². The summed E-state index contributed by atoms with van der Waals surface area (Å²) in [6.07, 6.45) is 3.24. The summed E-state index contributed by atoms with van der Waals surface area (Å²) >= 11 is 0. The minimum absolute atomic E-state index is 0.192. The number of rotatable bonds is 0. The van der Waals surface area contributed by atoms with Crippen molar-refractivity contribution in [1.29, 1.82) is 0 Å². The van der Waals surface area contributed by atoms with Crippen molar-refractivity contribution in [2.75, 3.05) is 0 Å². The second-order valence-corrected chi connectivity index (χ2v) is 2.00. The molecule has 0 spiro atoms. The van der Waals surface area contributed by atoms with E-state index in [9.17, 15) is 4.79 Å². The summed E-state index contributed by atoms with van der Waals surface area (Å²) < 4.78 is 0. The molecule has 2 rings (SSSR count). The average molecular weight is 195 g/mol. The third kappa shape index (κ3) is 3.05. The Hall–Kier alpha value is -1.58. The van der Waals surface area contributed by atoms with Gasteiger partial charge in [-0.15, -0.1) is 0 Å². The molecule has 14 heavy (non-hydrogen) atoms. The minimum Gasteiger partial charge on any atom is -0.306 e. The van der Waals surface area contributed by atoms with Crippen molar-refractivity contribution in [3.63, 3.8) is 0 Å². The van der Waals surface area contributed by atoms with Crippen molar-refractivity contribution >= 4 is 11.0 Å². The molecule has 0 aliphatic carbocycles. The van der Waals surface area contributed by atoms with Crippen LogP contribution >= 0.6 is 0 Å². The van der Waals surface area contributed by atoms with Crippen molar-refractivity contribution in [3.8, 4) is 0 Å². The Morgan fingerprint density at radius 3 is 2.21 bits per heavy atom. The molecule has 0 bridgehead atoms. The molecule has 0 aliphatic rings. The van der Waals surface area contributed by atoms with Gasteiger partial charge in [0.2, 0.25) is 0 Å². The van der Waals surface area contributed by atoms with E-state index >= 15 is 0 Å². The number of H-pyrrole nitrogens is 2. The van der Waals surface area contributed by atoms with Crippen molar-refractivity contribution in [3.05, 3.63) is 28.9 Å². The van der Waals surface area contributed by atoms with Crippen LogP contribution in [0.4, 0.5) is 0 Å². The van der Waals surface area contributed by atoms with E-state index in [-0.39, 0.29) is 5.69 Å². The van der Waals surface area contributed by atoms with E-state index in [1.165, 1.54) is 0 Å². The fourth-order valence-corrected chi connectivity index (χ4v) is 0.879. The summed E-state index contributed by atoms with van der Waals surface area (Å²) in [5, 5.41) is 0. The lowest BCUT2D eigenvalue weighted by atomic mass is 10.4. The van der Waals surface area contributed by atoms with Gasteiger partial charge in [-0.1, -0.05) is 27.7 Å². The molecule has 78 valence electrons. The molecule has 2 aromatic rings. The summed E-state index contributed by atoms with van der Waals surface area (Å²) in [4.78, 5) is 19.7. The number of imidazole rings is 1. The number of pyridine rings is 1. The number of nitrogens with zero attached hydrogens (tertiary/aromatic N) is 1. The molecule has 0 saturated heterocycles. The van der Waals surface area contributed by atoms with Crippen molar-refractivity contribution in [2.45, 2.75) is 27.7 Å². The molecule has 2 heterocycles. The molecular formula is C10H17N3O. The molecule has 4 nitrogen and oxygen atoms in total. The second-order valence-electron chi connectivity index (χ2n) is 2.00. The predicted molar refractivity (Wildman–Crippen MR) is 59.4 cm³/mol. The van der Waals surface area contributed by atoms with Crippen LogP contribution in [-0.2, 0) is 0 Å². The lowest BCUT2D eigenvalue weighted by Gasteiger charge is -1.81. The average Bonchev–Trinajstić information content (AvgIpc) is 2.64. The molecule has 0 amide bonds. The van der Waals surface area contributed by atoms with Gasteiger partial charge in [-0.3, -0.25) is 4.98 Å². The van der Waals surface area contributed by atoms with Crippen LogP contribution in [0.15, 0.2) is 23.3 Å². The van der Waals surface area contributed by atoms with Crippen LogP contribution in [0.3, 0.4) is 0 Å². The van der Waals surface area contributed by atoms with Crippen LogP contribution in [0, 0.1) is 0 Å². The number of hydrogen-bond donors (Lipinski definition) is 2. The summed E-state index contributed by atoms with van der Waals surface area (Å²) in [6.45, 7) is 8.00. The van der Waals surface area contributed by atoms with Crippen molar-refractivity contribution < 1.29 is 0 Å². The smallest absolute Gasteiger partial charge is 0.306 e. The summed E-state index contributed by atoms with van der Waals surface area (Å²) in [5.74, 6) is 0. The Bertz CT molecular complexity index is 367. The van der Waals surface area contributed by atoms with Gasteiger partial charge in [-0.05, 0) is 6.07 Å². The van der Waals surface area contributed by atoms with Gasteiger partial charge in [0, 0.05) is 6.20 Å². The Morgan fingerprint density at radius 2 is 1.64 bits per heavy atom. The van der Waals surface area contributed by atoms with Crippen LogP contribution in [0.1, 0.15) is 27.7 Å². The van der Waals surface area contributed by atoms with Crippen molar-refractivity contribution in [1.82, 2.24) is 15.0 Å². The standard InChI is InChI=1S/C6H5N3O.2C2H6/c10-6-8-4-1-2-7-3-5(4)9-6;2*1-2/h1-3H,(H2,8,9,10);2*1-2H3. The van der Waals surface area contributed by atoms with Gasteiger partial charge < -0.3 is 9.97 Å². The highest BCUT2D eigenvalue weighted by Gasteiger charge is 1.93. The van der Waals surface area contributed by atoms with Crippen LogP contribution in [0.2, 0.25) is 0 Å². The zero-order valence-electron chi connectivity index (χ0n) is 9.09. The van der Waals surface area contributed by atoms with Gasteiger partial charge in [0.25, 0.3) is 0 Å². The Kier molecular flexibility index (Phi) is 6.11. The van der Waals surface area contributed by atoms with Gasteiger partial charge in [-0.25, -0.2) is 4.79 Å². The van der Waals surface area contributed by atoms with Crippen molar-refractivity contribution in [2.24, 2.45) is 0 Å². The van der Waals surface area contributed by atoms with E-state index in [0.29, 0.717) is 0 Å². The topological polar surface area (TPSA) is 61.5 Å². The first-order valence-electron chi connectivity index (χ1n) is 4.88. The van der Waals surface area contributed by atoms with Gasteiger partial charge in [-0.2, -0.15) is 0 Å². The Labute approximate surface area is 83.4 Å². The maximum absolute atomic E-state index is 10.6. The fourth-order valence-electron chi connectivity index (χ4n) is 0.879. The first kappa shape index (κ1) is 12.4. The van der Waals surface area contributed by atoms with Crippen LogP contribution < -0.4 is 5.69 Å². The molecule has 4 heteroatoms. The highest BCUT2D eigenvalue weighted by molar-refractivity contribution is 5.72. The first-order chi connectivity index (χ1) is 6.86. The SMILES string of the molecule is CC.CC.O=c1[nH]c2ccncc2[nH]1. The molecule has 0 fully saturated rings. The number of aromatic amines is 2. The van der Waals surface area contributed by atoms with E-state index in [1.54, 1.807) is 18.5 Å². The van der Waals surface area contributed by atoms with Gasteiger partial charge in [0.15, 0.2) is 0 Å². The summed E-state index contributed by atoms with van der Waals surface area (Å²) in [5.41, 5.74) is 1.34. The second kappa shape index (κ2) is 6.88. The zero-order valence-corrected chi connectivity index (χ0v) is 9.09. The molecule has 0 radical (unpaired) electrons. The molecular weight excluding hydrogens is 178 g/mol. The molecule has 2 aromatic heterocycles. The molecule has 0 atom stereocenters. The van der Waals surface area contributed by atoms with E-state index in [2.05, 4.69) is 15.0 Å². The number of aromatic nitrogens is 3. The Balaban J connectivity index is 0.000000379. The minimum atomic E-state index is -0.192. The summed E-state index contributed by atoms with van der Waals surface area (Å²) in [6, 6.07) is 1.74. The largest absolute Gasteiger partial charge is 0.323 e. The number of fused-ring (bicyclic) bond motifs is 1. The monoisotopic (exact) mass is 195 g/mol. The van der Waals surface area contributed by atoms with Crippen LogP contribution in [0.5, 0.6) is 0 Å². The lowest BCUT2D eigenvalue weighted by Crippen LogP contribution is -1.99. The quantitative estimate of drug-likeness (QED) is 0.677. The molecule has 0 aliphatic heterocycles. The maximum Gasteiger partial charge on any atom is 0.323 e. The zero-order chi connectivity index (χ0) is 11.0. The van der Waals surface area contributed by atoms with E-state index in [0.717, 1.165) is 11.0 Å². The highest BCUT2D eigenvalue weighted by atomic mass is 16.1. The molecule has 0 aromatic carbocycles. The summed E-state index contributed by atoms with van der Waals surface area (Å²) in [7, 11) is 0. The highest BCUT2D eigenvalue weighted by Crippen LogP contribution is 2.00. The van der Waals surface area contributed by atoms with E-state index < -0.39 is 0 Å². The number of hydrogen-bond acceptors (Lipinski definition) is 2. The normalized spacial score (nSPS) is 8.29. The molecule has 0 saturated carbocycles. The molecule has 2 N–H and O–H groups in total.